The molecule has 28 heavy (non-hydrogen) atoms. The molecule has 5 heteroatoms. The van der Waals surface area contributed by atoms with Gasteiger partial charge < -0.3 is 20.3 Å². The molecule has 1 aromatic carbocycles. The van der Waals surface area contributed by atoms with Crippen molar-refractivity contribution in [2.75, 3.05) is 11.9 Å². The quantitative estimate of drug-likeness (QED) is 0.725. The Morgan fingerprint density at radius 2 is 1.68 bits per heavy atom. The van der Waals surface area contributed by atoms with Crippen LogP contribution in [0.5, 0.6) is 5.75 Å². The predicted octanol–water partition coefficient (Wildman–Crippen LogP) is 3.51. The van der Waals surface area contributed by atoms with E-state index in [9.17, 15) is 4.79 Å². The molecular formula is C23H36N3O2+. The lowest BCUT2D eigenvalue weighted by Gasteiger charge is -2.50. The first-order valence-electron chi connectivity index (χ1n) is 11.4. The number of hydrogen-bond acceptors (Lipinski definition) is 2. The second-order valence-corrected chi connectivity index (χ2v) is 8.86. The fourth-order valence-corrected chi connectivity index (χ4v) is 5.98. The number of quaternary nitrogens is 1. The van der Waals surface area contributed by atoms with Crippen molar-refractivity contribution in [3.63, 3.8) is 0 Å². The Kier molecular flexibility index (Phi) is 6.40. The first-order chi connectivity index (χ1) is 13.7. The van der Waals surface area contributed by atoms with Gasteiger partial charge in [0.05, 0.1) is 30.4 Å². The molecule has 0 unspecified atom stereocenters. The summed E-state index contributed by atoms with van der Waals surface area (Å²) in [6.07, 6.45) is 13.4. The van der Waals surface area contributed by atoms with Crippen LogP contribution in [0.15, 0.2) is 24.3 Å². The zero-order valence-corrected chi connectivity index (χ0v) is 17.2. The normalized spacial score (nSPS) is 30.5. The zero-order chi connectivity index (χ0) is 19.3. The summed E-state index contributed by atoms with van der Waals surface area (Å²) in [7, 11) is 0. The first-order valence-corrected chi connectivity index (χ1v) is 11.4. The monoisotopic (exact) mass is 386 g/mol. The van der Waals surface area contributed by atoms with Crippen molar-refractivity contribution in [1.29, 1.82) is 0 Å². The van der Waals surface area contributed by atoms with Gasteiger partial charge in [0.2, 0.25) is 0 Å². The summed E-state index contributed by atoms with van der Waals surface area (Å²) in [5.74, 6) is 0.730. The average Bonchev–Trinajstić information content (AvgIpc) is 2.69. The first kappa shape index (κ1) is 19.6. The summed E-state index contributed by atoms with van der Waals surface area (Å²) >= 11 is 0. The maximum atomic E-state index is 12.7. The molecule has 0 aromatic heterocycles. The summed E-state index contributed by atoms with van der Waals surface area (Å²) in [5.41, 5.74) is 0.743. The number of benzene rings is 1. The smallest absolute Gasteiger partial charge is 0.319 e. The van der Waals surface area contributed by atoms with E-state index < -0.39 is 0 Å². The lowest BCUT2D eigenvalue weighted by atomic mass is 9.78. The Hall–Kier alpha value is -1.75. The van der Waals surface area contributed by atoms with Crippen LogP contribution in [0, 0.1) is 0 Å². The second-order valence-electron chi connectivity index (χ2n) is 8.86. The molecule has 154 valence electrons. The number of anilines is 1. The van der Waals surface area contributed by atoms with E-state index in [-0.39, 0.29) is 6.03 Å². The molecule has 1 saturated carbocycles. The molecule has 2 saturated heterocycles. The van der Waals surface area contributed by atoms with Crippen LogP contribution in [0.3, 0.4) is 0 Å². The number of ether oxygens (including phenoxy) is 1. The minimum atomic E-state index is -0.101. The van der Waals surface area contributed by atoms with Crippen LogP contribution in [-0.2, 0) is 0 Å². The minimum Gasteiger partial charge on any atom is -0.492 e. The van der Waals surface area contributed by atoms with Crippen molar-refractivity contribution in [2.24, 2.45) is 0 Å². The van der Waals surface area contributed by atoms with E-state index in [1.165, 1.54) is 51.4 Å². The van der Waals surface area contributed by atoms with E-state index in [1.54, 1.807) is 0 Å². The van der Waals surface area contributed by atoms with Crippen molar-refractivity contribution < 1.29 is 14.4 Å². The number of amides is 2. The molecule has 3 fully saturated rings. The van der Waals surface area contributed by atoms with Crippen molar-refractivity contribution in [3.05, 3.63) is 24.3 Å². The van der Waals surface area contributed by atoms with E-state index in [0.717, 1.165) is 42.4 Å². The molecule has 1 aliphatic carbocycles. The number of nitrogens with one attached hydrogen (secondary N) is 3. The van der Waals surface area contributed by atoms with Crippen molar-refractivity contribution in [3.8, 4) is 5.75 Å². The van der Waals surface area contributed by atoms with Crippen LogP contribution in [0.1, 0.15) is 71.1 Å². The highest BCUT2D eigenvalue weighted by molar-refractivity contribution is 5.91. The van der Waals surface area contributed by atoms with Crippen LogP contribution >= 0.6 is 0 Å². The third-order valence-electron chi connectivity index (χ3n) is 7.03. The second kappa shape index (κ2) is 9.17. The lowest BCUT2D eigenvalue weighted by Crippen LogP contribution is -3.24. The molecule has 1 aromatic rings. The molecule has 2 amide bonds. The SMILES string of the molecule is CCOc1ccccc1NC(=O)NC1C[C@H]2CCC[C@H](C1)[NH+]2C1CCCCC1. The topological polar surface area (TPSA) is 54.8 Å². The fourth-order valence-electron chi connectivity index (χ4n) is 5.98. The molecule has 2 bridgehead atoms. The lowest BCUT2D eigenvalue weighted by molar-refractivity contribution is -0.984. The predicted molar refractivity (Wildman–Crippen MR) is 112 cm³/mol. The van der Waals surface area contributed by atoms with Crippen molar-refractivity contribution >= 4 is 11.7 Å². The Labute approximate surface area is 169 Å². The Morgan fingerprint density at radius 1 is 1.00 bits per heavy atom. The number of carbonyl (C=O) groups excluding carboxylic acids is 1. The Balaban J connectivity index is 1.35. The van der Waals surface area contributed by atoms with Crippen LogP contribution in [0.4, 0.5) is 10.5 Å². The van der Waals surface area contributed by atoms with Crippen LogP contribution < -0.4 is 20.3 Å². The number of para-hydroxylation sites is 2. The Morgan fingerprint density at radius 3 is 2.39 bits per heavy atom. The highest BCUT2D eigenvalue weighted by Gasteiger charge is 2.45. The van der Waals surface area contributed by atoms with Crippen molar-refractivity contribution in [2.45, 2.75) is 95.3 Å². The summed E-state index contributed by atoms with van der Waals surface area (Å²) in [6, 6.07) is 10.2. The number of carbonyl (C=O) groups is 1. The summed E-state index contributed by atoms with van der Waals surface area (Å²) < 4.78 is 5.62. The van der Waals surface area contributed by atoms with E-state index in [1.807, 2.05) is 36.1 Å². The van der Waals surface area contributed by atoms with Gasteiger partial charge in [0.15, 0.2) is 0 Å². The summed E-state index contributed by atoms with van der Waals surface area (Å²) in [5, 5.41) is 6.27. The molecule has 4 rings (SSSR count). The molecular weight excluding hydrogens is 350 g/mol. The molecule has 3 aliphatic rings. The van der Waals surface area contributed by atoms with E-state index in [2.05, 4.69) is 10.6 Å². The van der Waals surface area contributed by atoms with Crippen LogP contribution in [0.25, 0.3) is 0 Å². The number of rotatable bonds is 5. The molecule has 3 N–H and O–H groups in total. The summed E-state index contributed by atoms with van der Waals surface area (Å²) in [4.78, 5) is 14.5. The molecule has 5 nitrogen and oxygen atoms in total. The molecule has 2 aliphatic heterocycles. The Bertz CT molecular complexity index is 645. The van der Waals surface area contributed by atoms with E-state index in [0.29, 0.717) is 12.6 Å². The van der Waals surface area contributed by atoms with Gasteiger partial charge in [0.1, 0.15) is 5.75 Å². The largest absolute Gasteiger partial charge is 0.492 e. The number of piperidine rings is 2. The van der Waals surface area contributed by atoms with Gasteiger partial charge in [-0.2, -0.15) is 0 Å². The zero-order valence-electron chi connectivity index (χ0n) is 17.2. The van der Waals surface area contributed by atoms with E-state index in [4.69, 9.17) is 4.74 Å². The van der Waals surface area contributed by atoms with Crippen molar-refractivity contribution in [1.82, 2.24) is 5.32 Å². The minimum absolute atomic E-state index is 0.101. The number of hydrogen-bond donors (Lipinski definition) is 3. The maximum Gasteiger partial charge on any atom is 0.319 e. The highest BCUT2D eigenvalue weighted by atomic mass is 16.5. The molecule has 2 atom stereocenters. The fraction of sp³-hybridized carbons (Fsp3) is 0.696. The van der Waals surface area contributed by atoms with Gasteiger partial charge in [-0.05, 0) is 64.0 Å². The molecule has 0 radical (unpaired) electrons. The standard InChI is InChI=1S/C23H35N3O2/c1-2-28-22-14-7-6-13-21(22)25-23(27)24-17-15-19-11-8-12-20(16-17)26(19)18-9-4-3-5-10-18/h6-7,13-14,17-20H,2-5,8-12,15-16H2,1H3,(H2,24,25,27)/p+1/t19-,20-/m1/s1. The van der Waals surface area contributed by atoms with Gasteiger partial charge in [-0.3, -0.25) is 0 Å². The highest BCUT2D eigenvalue weighted by Crippen LogP contribution is 2.27. The number of fused-ring (bicyclic) bond motifs is 2. The van der Waals surface area contributed by atoms with Crippen LogP contribution in [0.2, 0.25) is 0 Å². The molecule has 0 spiro atoms. The summed E-state index contributed by atoms with van der Waals surface area (Å²) in [6.45, 7) is 2.55. The third-order valence-corrected chi connectivity index (χ3v) is 7.03. The number of urea groups is 1. The van der Waals surface area contributed by atoms with Crippen LogP contribution in [-0.4, -0.2) is 36.8 Å². The van der Waals surface area contributed by atoms with Gasteiger partial charge in [0, 0.05) is 18.9 Å². The van der Waals surface area contributed by atoms with Gasteiger partial charge in [-0.1, -0.05) is 18.6 Å². The maximum absolute atomic E-state index is 12.7. The average molecular weight is 387 g/mol. The van der Waals surface area contributed by atoms with Gasteiger partial charge >= 0.3 is 6.03 Å². The van der Waals surface area contributed by atoms with Gasteiger partial charge in [-0.15, -0.1) is 0 Å². The molecule has 2 heterocycles. The van der Waals surface area contributed by atoms with E-state index >= 15 is 0 Å². The van der Waals surface area contributed by atoms with Gasteiger partial charge in [-0.25, -0.2) is 4.79 Å². The van der Waals surface area contributed by atoms with Gasteiger partial charge in [0.25, 0.3) is 0 Å². The third kappa shape index (κ3) is 4.45.